The molecule has 1 fully saturated rings. The van der Waals surface area contributed by atoms with Crippen LogP contribution in [0, 0.1) is 6.92 Å². The molecule has 0 saturated heterocycles. The molecule has 26 heavy (non-hydrogen) atoms. The number of aromatic nitrogens is 2. The number of rotatable bonds is 8. The van der Waals surface area contributed by atoms with Crippen LogP contribution in [0.3, 0.4) is 0 Å². The number of carbonyl (C=O) groups excluding carboxylic acids is 2. The van der Waals surface area contributed by atoms with Crippen LogP contribution in [-0.4, -0.2) is 41.3 Å². The van der Waals surface area contributed by atoms with Crippen LogP contribution in [0.5, 0.6) is 0 Å². The molecule has 1 aliphatic rings. The standard InChI is InChI=1S/C18H21N3O3S2/c1-11-15(18(23)24-2)17(21-16(20-11)12-5-6-12)26-10-14(22)19-8-7-13-4-3-9-25-13/h3-4,9,12H,5-8,10H2,1-2H3,(H,19,22). The average Bonchev–Trinajstić information content (AvgIpc) is 3.36. The fraction of sp³-hybridized carbons (Fsp3) is 0.444. The first-order valence-electron chi connectivity index (χ1n) is 8.47. The van der Waals surface area contributed by atoms with E-state index in [2.05, 4.69) is 21.4 Å². The van der Waals surface area contributed by atoms with E-state index in [4.69, 9.17) is 4.74 Å². The van der Waals surface area contributed by atoms with Gasteiger partial charge in [-0.3, -0.25) is 4.79 Å². The summed E-state index contributed by atoms with van der Waals surface area (Å²) in [6, 6.07) is 4.05. The number of aryl methyl sites for hydroxylation is 1. The number of methoxy groups -OCH3 is 1. The van der Waals surface area contributed by atoms with Gasteiger partial charge in [0.1, 0.15) is 16.4 Å². The summed E-state index contributed by atoms with van der Waals surface area (Å²) in [5.74, 6) is 0.793. The van der Waals surface area contributed by atoms with Gasteiger partial charge in [-0.25, -0.2) is 14.8 Å². The quantitative estimate of drug-likeness (QED) is 0.423. The summed E-state index contributed by atoms with van der Waals surface area (Å²) in [6.07, 6.45) is 2.97. The van der Waals surface area contributed by atoms with Gasteiger partial charge >= 0.3 is 5.97 Å². The maximum atomic E-state index is 12.1. The van der Waals surface area contributed by atoms with Crippen molar-refractivity contribution in [2.75, 3.05) is 19.4 Å². The number of thiophene rings is 1. The van der Waals surface area contributed by atoms with Crippen molar-refractivity contribution < 1.29 is 14.3 Å². The van der Waals surface area contributed by atoms with Crippen molar-refractivity contribution in [1.29, 1.82) is 0 Å². The molecule has 1 N–H and O–H groups in total. The number of amides is 1. The molecule has 2 heterocycles. The van der Waals surface area contributed by atoms with Crippen LogP contribution in [0.4, 0.5) is 0 Å². The first kappa shape index (κ1) is 18.8. The lowest BCUT2D eigenvalue weighted by molar-refractivity contribution is -0.118. The van der Waals surface area contributed by atoms with E-state index >= 15 is 0 Å². The SMILES string of the molecule is COC(=O)c1c(C)nc(C2CC2)nc1SCC(=O)NCCc1cccs1. The number of carbonyl (C=O) groups is 2. The summed E-state index contributed by atoms with van der Waals surface area (Å²) in [5, 5.41) is 5.46. The van der Waals surface area contributed by atoms with Gasteiger partial charge in [0.25, 0.3) is 0 Å². The van der Waals surface area contributed by atoms with Crippen LogP contribution in [0.2, 0.25) is 0 Å². The first-order valence-corrected chi connectivity index (χ1v) is 10.3. The molecular weight excluding hydrogens is 370 g/mol. The van der Waals surface area contributed by atoms with Gasteiger partial charge in [0.15, 0.2) is 0 Å². The van der Waals surface area contributed by atoms with Crippen LogP contribution >= 0.6 is 23.1 Å². The Morgan fingerprint density at radius 2 is 2.19 bits per heavy atom. The zero-order valence-corrected chi connectivity index (χ0v) is 16.4. The number of hydrogen-bond acceptors (Lipinski definition) is 7. The normalized spacial score (nSPS) is 13.5. The Labute approximate surface area is 160 Å². The van der Waals surface area contributed by atoms with E-state index in [0.717, 1.165) is 25.1 Å². The molecule has 6 nitrogen and oxygen atoms in total. The Kier molecular flexibility index (Phi) is 6.26. The van der Waals surface area contributed by atoms with Crippen molar-refractivity contribution in [3.63, 3.8) is 0 Å². The third-order valence-corrected chi connectivity index (χ3v) is 5.93. The smallest absolute Gasteiger partial charge is 0.342 e. The van der Waals surface area contributed by atoms with Crippen molar-refractivity contribution in [2.45, 2.75) is 37.1 Å². The average molecular weight is 392 g/mol. The summed E-state index contributed by atoms with van der Waals surface area (Å²) >= 11 is 2.94. The monoisotopic (exact) mass is 391 g/mol. The van der Waals surface area contributed by atoms with Crippen molar-refractivity contribution in [2.24, 2.45) is 0 Å². The molecule has 1 saturated carbocycles. The van der Waals surface area contributed by atoms with Gasteiger partial charge in [0.05, 0.1) is 18.6 Å². The minimum atomic E-state index is -0.467. The number of nitrogens with one attached hydrogen (secondary N) is 1. The molecule has 0 bridgehead atoms. The van der Waals surface area contributed by atoms with Crippen LogP contribution in [0.15, 0.2) is 22.5 Å². The molecule has 1 amide bonds. The lowest BCUT2D eigenvalue weighted by Crippen LogP contribution is -2.27. The molecule has 2 aromatic rings. The lowest BCUT2D eigenvalue weighted by atomic mass is 10.2. The van der Waals surface area contributed by atoms with E-state index in [-0.39, 0.29) is 11.7 Å². The molecule has 0 radical (unpaired) electrons. The van der Waals surface area contributed by atoms with E-state index in [1.165, 1.54) is 23.7 Å². The summed E-state index contributed by atoms with van der Waals surface area (Å²) < 4.78 is 4.86. The van der Waals surface area contributed by atoms with Crippen molar-refractivity contribution in [3.8, 4) is 0 Å². The van der Waals surface area contributed by atoms with Crippen molar-refractivity contribution in [1.82, 2.24) is 15.3 Å². The van der Waals surface area contributed by atoms with Gasteiger partial charge in [-0.15, -0.1) is 11.3 Å². The minimum absolute atomic E-state index is 0.0772. The Morgan fingerprint density at radius 3 is 2.85 bits per heavy atom. The van der Waals surface area contributed by atoms with Crippen molar-refractivity contribution >= 4 is 35.0 Å². The van der Waals surface area contributed by atoms with Gasteiger partial charge < -0.3 is 10.1 Å². The predicted octanol–water partition coefficient (Wildman–Crippen LogP) is 2.96. The molecule has 0 unspecified atom stereocenters. The second-order valence-electron chi connectivity index (χ2n) is 6.08. The van der Waals surface area contributed by atoms with Crippen LogP contribution < -0.4 is 5.32 Å². The zero-order valence-electron chi connectivity index (χ0n) is 14.8. The molecule has 8 heteroatoms. The molecular formula is C18H21N3O3S2. The maximum absolute atomic E-state index is 12.1. The van der Waals surface area contributed by atoms with E-state index in [1.807, 2.05) is 11.4 Å². The maximum Gasteiger partial charge on any atom is 0.342 e. The number of thioether (sulfide) groups is 1. The minimum Gasteiger partial charge on any atom is -0.465 e. The number of ether oxygens (including phenoxy) is 1. The summed E-state index contributed by atoms with van der Waals surface area (Å²) in [4.78, 5) is 34.4. The first-order chi connectivity index (χ1) is 12.6. The number of esters is 1. The Hall–Kier alpha value is -1.93. The highest BCUT2D eigenvalue weighted by Crippen LogP contribution is 2.39. The molecule has 0 spiro atoms. The second kappa shape index (κ2) is 8.64. The third kappa shape index (κ3) is 4.82. The Balaban J connectivity index is 1.61. The number of hydrogen-bond donors (Lipinski definition) is 1. The highest BCUT2D eigenvalue weighted by molar-refractivity contribution is 8.00. The molecule has 0 atom stereocenters. The van der Waals surface area contributed by atoms with Crippen LogP contribution in [0.25, 0.3) is 0 Å². The number of nitrogens with zero attached hydrogens (tertiary/aromatic N) is 2. The van der Waals surface area contributed by atoms with Gasteiger partial charge in [0.2, 0.25) is 5.91 Å². The van der Waals surface area contributed by atoms with Gasteiger partial charge in [-0.2, -0.15) is 0 Å². The van der Waals surface area contributed by atoms with Crippen LogP contribution in [-0.2, 0) is 16.0 Å². The van der Waals surface area contributed by atoms with E-state index in [0.29, 0.717) is 28.7 Å². The Bertz CT molecular complexity index is 789. The second-order valence-corrected chi connectivity index (χ2v) is 8.08. The lowest BCUT2D eigenvalue weighted by Gasteiger charge is -2.11. The van der Waals surface area contributed by atoms with E-state index < -0.39 is 5.97 Å². The van der Waals surface area contributed by atoms with Gasteiger partial charge in [0, 0.05) is 17.3 Å². The summed E-state index contributed by atoms with van der Waals surface area (Å²) in [7, 11) is 1.34. The fourth-order valence-electron chi connectivity index (χ4n) is 2.50. The Morgan fingerprint density at radius 1 is 1.38 bits per heavy atom. The van der Waals surface area contributed by atoms with E-state index in [1.54, 1.807) is 18.3 Å². The highest BCUT2D eigenvalue weighted by atomic mass is 32.2. The zero-order chi connectivity index (χ0) is 18.5. The van der Waals surface area contributed by atoms with Crippen LogP contribution in [0.1, 0.15) is 45.5 Å². The van der Waals surface area contributed by atoms with Gasteiger partial charge in [-0.1, -0.05) is 17.8 Å². The molecule has 2 aromatic heterocycles. The molecule has 1 aliphatic carbocycles. The molecule has 3 rings (SSSR count). The third-order valence-electron chi connectivity index (χ3n) is 4.02. The molecule has 0 aliphatic heterocycles. The molecule has 0 aromatic carbocycles. The summed E-state index contributed by atoms with van der Waals surface area (Å²) in [6.45, 7) is 2.38. The highest BCUT2D eigenvalue weighted by Gasteiger charge is 2.29. The fourth-order valence-corrected chi connectivity index (χ4v) is 4.11. The topological polar surface area (TPSA) is 81.2 Å². The largest absolute Gasteiger partial charge is 0.465 e. The predicted molar refractivity (Wildman–Crippen MR) is 102 cm³/mol. The molecule has 138 valence electrons. The summed E-state index contributed by atoms with van der Waals surface area (Å²) in [5.41, 5.74) is 0.961. The van der Waals surface area contributed by atoms with E-state index in [9.17, 15) is 9.59 Å². The van der Waals surface area contributed by atoms with Crippen molar-refractivity contribution in [3.05, 3.63) is 39.5 Å². The van der Waals surface area contributed by atoms with Gasteiger partial charge in [-0.05, 0) is 37.6 Å².